The smallest absolute Gasteiger partial charge is 0.150 e. The van der Waals surface area contributed by atoms with Crippen LogP contribution in [-0.2, 0) is 0 Å². The lowest BCUT2D eigenvalue weighted by atomic mass is 10.5. The Balaban J connectivity index is 2.94. The van der Waals surface area contributed by atoms with Crippen molar-refractivity contribution in [3.63, 3.8) is 0 Å². The molecule has 0 amide bonds. The summed E-state index contributed by atoms with van der Waals surface area (Å²) in [6.07, 6.45) is 1.49. The molecule has 0 unspecified atom stereocenters. The van der Waals surface area contributed by atoms with Gasteiger partial charge in [0.2, 0.25) is 0 Å². The van der Waals surface area contributed by atoms with Crippen LogP contribution in [0.4, 0.5) is 0 Å². The van der Waals surface area contributed by atoms with Crippen LogP contribution in [0.15, 0.2) is 11.7 Å². The van der Waals surface area contributed by atoms with Crippen molar-refractivity contribution in [3.05, 3.63) is 20.4 Å². The molecule has 5 heteroatoms. The minimum absolute atomic E-state index is 0.544. The fraction of sp³-hybridized carbons (Fsp3) is 0. The van der Waals surface area contributed by atoms with Gasteiger partial charge in [0.05, 0.1) is 13.8 Å². The van der Waals surface area contributed by atoms with Gasteiger partial charge in [-0.2, -0.15) is 0 Å². The van der Waals surface area contributed by atoms with Crippen molar-refractivity contribution in [1.82, 2.24) is 9.97 Å². The third-order valence-corrected chi connectivity index (χ3v) is 3.89. The molecule has 2 aromatic heterocycles. The molecule has 0 saturated carbocycles. The quantitative estimate of drug-likeness (QED) is 0.552. The number of halogens is 2. The van der Waals surface area contributed by atoms with E-state index in [2.05, 4.69) is 32.6 Å². The number of fused-ring (bicyclic) bond motifs is 1. The second-order valence-electron chi connectivity index (χ2n) is 1.93. The topological polar surface area (TPSA) is 25.8 Å². The molecule has 11 heavy (non-hydrogen) atoms. The van der Waals surface area contributed by atoms with E-state index in [0.717, 1.165) is 13.8 Å². The van der Waals surface area contributed by atoms with Gasteiger partial charge in [-0.15, -0.1) is 11.3 Å². The molecule has 2 aromatic rings. The molecule has 0 radical (unpaired) electrons. The fourth-order valence-electron chi connectivity index (χ4n) is 0.793. The van der Waals surface area contributed by atoms with Gasteiger partial charge in [-0.25, -0.2) is 9.97 Å². The Kier molecular flexibility index (Phi) is 1.98. The highest BCUT2D eigenvalue weighted by atomic mass is 127. The number of thiophene rings is 1. The van der Waals surface area contributed by atoms with Crippen LogP contribution in [0.2, 0.25) is 5.15 Å². The van der Waals surface area contributed by atoms with Crippen LogP contribution in [-0.4, -0.2) is 9.97 Å². The Morgan fingerprint density at radius 3 is 3.00 bits per heavy atom. The van der Waals surface area contributed by atoms with Gasteiger partial charge < -0.3 is 0 Å². The van der Waals surface area contributed by atoms with Gasteiger partial charge in [-0.05, 0) is 22.6 Å². The van der Waals surface area contributed by atoms with Crippen molar-refractivity contribution >= 4 is 55.7 Å². The van der Waals surface area contributed by atoms with Crippen LogP contribution in [0.3, 0.4) is 0 Å². The molecule has 0 spiro atoms. The average Bonchev–Trinajstić information content (AvgIpc) is 2.35. The second kappa shape index (κ2) is 2.84. The fourth-order valence-corrected chi connectivity index (χ4v) is 2.79. The third-order valence-electron chi connectivity index (χ3n) is 1.27. The number of hydrogen-bond donors (Lipinski definition) is 0. The van der Waals surface area contributed by atoms with Gasteiger partial charge in [0, 0.05) is 5.38 Å². The van der Waals surface area contributed by atoms with Gasteiger partial charge in [0.1, 0.15) is 11.5 Å². The van der Waals surface area contributed by atoms with Crippen LogP contribution >= 0.6 is 45.5 Å². The van der Waals surface area contributed by atoms with E-state index in [9.17, 15) is 0 Å². The molecule has 0 aliphatic carbocycles. The van der Waals surface area contributed by atoms with Crippen molar-refractivity contribution < 1.29 is 0 Å². The van der Waals surface area contributed by atoms with E-state index >= 15 is 0 Å². The highest BCUT2D eigenvalue weighted by Gasteiger charge is 2.05. The summed E-state index contributed by atoms with van der Waals surface area (Å²) in [5.74, 6) is 0. The molecule has 0 saturated heterocycles. The lowest BCUT2D eigenvalue weighted by Crippen LogP contribution is -1.79. The molecular formula is C6H2ClIN2S. The Hall–Kier alpha value is 0.0600. The first-order valence-electron chi connectivity index (χ1n) is 2.82. The molecular weight excluding hydrogens is 295 g/mol. The first kappa shape index (κ1) is 7.70. The maximum absolute atomic E-state index is 5.83. The zero-order chi connectivity index (χ0) is 7.84. The number of rotatable bonds is 0. The molecule has 56 valence electrons. The van der Waals surface area contributed by atoms with E-state index < -0.39 is 0 Å². The van der Waals surface area contributed by atoms with Crippen molar-refractivity contribution in [2.24, 2.45) is 0 Å². The lowest BCUT2D eigenvalue weighted by Gasteiger charge is -1.89. The van der Waals surface area contributed by atoms with Gasteiger partial charge >= 0.3 is 0 Å². The molecule has 2 nitrogen and oxygen atoms in total. The van der Waals surface area contributed by atoms with E-state index in [4.69, 9.17) is 11.6 Å². The highest BCUT2D eigenvalue weighted by Crippen LogP contribution is 2.29. The summed E-state index contributed by atoms with van der Waals surface area (Å²) in [5.41, 5.74) is 0.954. The second-order valence-corrected chi connectivity index (χ2v) is 4.33. The van der Waals surface area contributed by atoms with E-state index in [1.54, 1.807) is 11.3 Å². The van der Waals surface area contributed by atoms with Gasteiger partial charge in [-0.1, -0.05) is 11.6 Å². The zero-order valence-electron chi connectivity index (χ0n) is 5.21. The van der Waals surface area contributed by atoms with Crippen LogP contribution < -0.4 is 0 Å². The average molecular weight is 297 g/mol. The molecule has 0 aliphatic heterocycles. The third kappa shape index (κ3) is 1.23. The van der Waals surface area contributed by atoms with Crippen molar-refractivity contribution in [1.29, 1.82) is 0 Å². The lowest BCUT2D eigenvalue weighted by molar-refractivity contribution is 1.23. The van der Waals surface area contributed by atoms with Crippen molar-refractivity contribution in [2.75, 3.05) is 0 Å². The van der Waals surface area contributed by atoms with E-state index in [0.29, 0.717) is 5.15 Å². The van der Waals surface area contributed by atoms with Gasteiger partial charge in [0.15, 0.2) is 0 Å². The molecule has 2 heterocycles. The summed E-state index contributed by atoms with van der Waals surface area (Å²) in [6, 6.07) is 0. The SMILES string of the molecule is Clc1ncnc2c(I)csc12. The van der Waals surface area contributed by atoms with Crippen LogP contribution in [0.25, 0.3) is 10.2 Å². The zero-order valence-corrected chi connectivity index (χ0v) is 8.94. The summed E-state index contributed by atoms with van der Waals surface area (Å²) >= 11 is 9.63. The van der Waals surface area contributed by atoms with E-state index in [1.165, 1.54) is 6.33 Å². The number of aromatic nitrogens is 2. The molecule has 0 fully saturated rings. The van der Waals surface area contributed by atoms with Crippen molar-refractivity contribution in [3.8, 4) is 0 Å². The summed E-state index contributed by atoms with van der Waals surface area (Å²) in [6.45, 7) is 0. The molecule has 0 aliphatic rings. The molecule has 2 rings (SSSR count). The largest absolute Gasteiger partial charge is 0.234 e. The first-order chi connectivity index (χ1) is 5.29. The predicted octanol–water partition coefficient (Wildman–Crippen LogP) is 2.95. The van der Waals surface area contributed by atoms with Crippen LogP contribution in [0, 0.1) is 3.57 Å². The minimum atomic E-state index is 0.544. The minimum Gasteiger partial charge on any atom is -0.234 e. The Morgan fingerprint density at radius 2 is 2.27 bits per heavy atom. The van der Waals surface area contributed by atoms with Crippen LogP contribution in [0.5, 0.6) is 0 Å². The molecule has 0 N–H and O–H groups in total. The monoisotopic (exact) mass is 296 g/mol. The molecule has 0 atom stereocenters. The van der Waals surface area contributed by atoms with Gasteiger partial charge in [0.25, 0.3) is 0 Å². The van der Waals surface area contributed by atoms with E-state index in [-0.39, 0.29) is 0 Å². The first-order valence-corrected chi connectivity index (χ1v) is 5.16. The molecule has 0 bridgehead atoms. The standard InChI is InChI=1S/C6H2ClIN2S/c7-6-5-4(9-2-10-6)3(8)1-11-5/h1-2H. The summed E-state index contributed by atoms with van der Waals surface area (Å²) < 4.78 is 2.10. The highest BCUT2D eigenvalue weighted by molar-refractivity contribution is 14.1. The maximum Gasteiger partial charge on any atom is 0.150 e. The normalized spacial score (nSPS) is 10.7. The summed E-state index contributed by atoms with van der Waals surface area (Å²) in [4.78, 5) is 7.99. The number of hydrogen-bond acceptors (Lipinski definition) is 3. The predicted molar refractivity (Wildman–Crippen MR) is 55.1 cm³/mol. The number of nitrogens with zero attached hydrogens (tertiary/aromatic N) is 2. The van der Waals surface area contributed by atoms with E-state index in [1.807, 2.05) is 5.38 Å². The van der Waals surface area contributed by atoms with Crippen LogP contribution in [0.1, 0.15) is 0 Å². The maximum atomic E-state index is 5.83. The molecule has 0 aromatic carbocycles. The Labute approximate surface area is 85.8 Å². The van der Waals surface area contributed by atoms with Gasteiger partial charge in [-0.3, -0.25) is 0 Å². The summed E-state index contributed by atoms with van der Waals surface area (Å²) in [7, 11) is 0. The Bertz CT molecular complexity index is 400. The Morgan fingerprint density at radius 1 is 1.45 bits per heavy atom. The van der Waals surface area contributed by atoms with Crippen molar-refractivity contribution in [2.45, 2.75) is 0 Å². The summed E-state index contributed by atoms with van der Waals surface area (Å²) in [5, 5.41) is 2.56.